The highest BCUT2D eigenvalue weighted by Crippen LogP contribution is 2.21. The van der Waals surface area contributed by atoms with Crippen LogP contribution < -0.4 is 9.62 Å². The molecule has 0 fully saturated rings. The van der Waals surface area contributed by atoms with Crippen molar-refractivity contribution in [2.45, 2.75) is 39.2 Å². The molecule has 0 saturated carbocycles. The number of hydrogen-bond donors (Lipinski definition) is 1. The van der Waals surface area contributed by atoms with Gasteiger partial charge in [-0.1, -0.05) is 55.8 Å². The molecule has 2 aromatic carbocycles. The average molecular weight is 494 g/mol. The maximum Gasteiger partial charge on any atom is 0.244 e. The molecule has 2 amide bonds. The van der Waals surface area contributed by atoms with Gasteiger partial charge in [-0.3, -0.25) is 13.9 Å². The third kappa shape index (κ3) is 8.05. The molecule has 0 bridgehead atoms. The van der Waals surface area contributed by atoms with Crippen LogP contribution >= 0.6 is 11.6 Å². The Labute approximate surface area is 201 Å². The normalized spacial score (nSPS) is 12.1. The SMILES string of the molecule is CCCNC(=O)[C@@H](CC)N(CCc1ccccc1)C(=O)CN(c1ccc(Cl)cc1)S(C)(=O)=O. The van der Waals surface area contributed by atoms with Crippen LogP contribution in [0.2, 0.25) is 5.02 Å². The molecule has 2 rings (SSSR count). The maximum absolute atomic E-state index is 13.5. The first-order chi connectivity index (χ1) is 15.7. The van der Waals surface area contributed by atoms with E-state index >= 15 is 0 Å². The van der Waals surface area contributed by atoms with E-state index in [4.69, 9.17) is 11.6 Å². The number of nitrogens with one attached hydrogen (secondary N) is 1. The van der Waals surface area contributed by atoms with Crippen molar-refractivity contribution in [3.8, 4) is 0 Å². The highest BCUT2D eigenvalue weighted by molar-refractivity contribution is 7.92. The fourth-order valence-corrected chi connectivity index (χ4v) is 4.46. The number of amides is 2. The van der Waals surface area contributed by atoms with Crippen molar-refractivity contribution in [2.24, 2.45) is 0 Å². The van der Waals surface area contributed by atoms with Crippen LogP contribution in [0.15, 0.2) is 54.6 Å². The summed E-state index contributed by atoms with van der Waals surface area (Å²) >= 11 is 5.94. The summed E-state index contributed by atoms with van der Waals surface area (Å²) in [7, 11) is -3.75. The summed E-state index contributed by atoms with van der Waals surface area (Å²) in [6.07, 6.45) is 2.78. The summed E-state index contributed by atoms with van der Waals surface area (Å²) in [4.78, 5) is 27.8. The quantitative estimate of drug-likeness (QED) is 0.490. The third-order valence-electron chi connectivity index (χ3n) is 5.21. The van der Waals surface area contributed by atoms with Crippen molar-refractivity contribution in [3.05, 3.63) is 65.2 Å². The number of nitrogens with zero attached hydrogens (tertiary/aromatic N) is 2. The number of anilines is 1. The van der Waals surface area contributed by atoms with E-state index in [9.17, 15) is 18.0 Å². The smallest absolute Gasteiger partial charge is 0.244 e. The Balaban J connectivity index is 2.32. The lowest BCUT2D eigenvalue weighted by molar-refractivity contribution is -0.139. The number of carbonyl (C=O) groups excluding carboxylic acids is 2. The van der Waals surface area contributed by atoms with Crippen LogP contribution in [0.4, 0.5) is 5.69 Å². The molecule has 1 N–H and O–H groups in total. The van der Waals surface area contributed by atoms with Gasteiger partial charge in [-0.05, 0) is 49.1 Å². The molecule has 0 aliphatic rings. The van der Waals surface area contributed by atoms with E-state index in [0.29, 0.717) is 36.6 Å². The molecular formula is C24H32ClN3O4S. The highest BCUT2D eigenvalue weighted by Gasteiger charge is 2.31. The minimum absolute atomic E-state index is 0.238. The predicted molar refractivity (Wildman–Crippen MR) is 133 cm³/mol. The van der Waals surface area contributed by atoms with Crippen LogP contribution in [-0.4, -0.2) is 57.1 Å². The standard InChI is InChI=1S/C24H32ClN3O4S/c1-4-16-26-24(30)22(5-2)27(17-15-19-9-7-6-8-10-19)23(29)18-28(33(3,31)32)21-13-11-20(25)12-14-21/h6-14,22H,4-5,15-18H2,1-3H3,(H,26,30)/t22-/m1/s1. The lowest BCUT2D eigenvalue weighted by Gasteiger charge is -2.32. The van der Waals surface area contributed by atoms with Gasteiger partial charge in [0.05, 0.1) is 11.9 Å². The second-order valence-corrected chi connectivity index (χ2v) is 10.1. The first-order valence-electron chi connectivity index (χ1n) is 11.0. The molecule has 0 aliphatic carbocycles. The lowest BCUT2D eigenvalue weighted by atomic mass is 10.1. The monoisotopic (exact) mass is 493 g/mol. The van der Waals surface area contributed by atoms with Gasteiger partial charge in [-0.2, -0.15) is 0 Å². The van der Waals surface area contributed by atoms with Crippen LogP contribution in [0.3, 0.4) is 0 Å². The van der Waals surface area contributed by atoms with Gasteiger partial charge in [-0.25, -0.2) is 8.42 Å². The molecule has 0 spiro atoms. The van der Waals surface area contributed by atoms with Gasteiger partial charge < -0.3 is 10.2 Å². The van der Waals surface area contributed by atoms with Crippen LogP contribution in [0.1, 0.15) is 32.3 Å². The van der Waals surface area contributed by atoms with Gasteiger partial charge in [0.15, 0.2) is 0 Å². The lowest BCUT2D eigenvalue weighted by Crippen LogP contribution is -2.53. The Hall–Kier alpha value is -2.58. The molecule has 33 heavy (non-hydrogen) atoms. The van der Waals surface area contributed by atoms with Gasteiger partial charge in [0.25, 0.3) is 0 Å². The average Bonchev–Trinajstić information content (AvgIpc) is 2.79. The number of hydrogen-bond acceptors (Lipinski definition) is 4. The van der Waals surface area contributed by atoms with Crippen LogP contribution in [-0.2, 0) is 26.0 Å². The molecular weight excluding hydrogens is 462 g/mol. The number of halogens is 1. The van der Waals surface area contributed by atoms with E-state index in [-0.39, 0.29) is 5.91 Å². The summed E-state index contributed by atoms with van der Waals surface area (Å²) in [5.41, 5.74) is 1.36. The summed E-state index contributed by atoms with van der Waals surface area (Å²) in [5, 5.41) is 3.32. The van der Waals surface area contributed by atoms with Crippen molar-refractivity contribution in [1.82, 2.24) is 10.2 Å². The first kappa shape index (κ1) is 26.7. The Morgan fingerprint density at radius 2 is 1.67 bits per heavy atom. The Morgan fingerprint density at radius 3 is 2.21 bits per heavy atom. The molecule has 180 valence electrons. The van der Waals surface area contributed by atoms with Crippen molar-refractivity contribution in [3.63, 3.8) is 0 Å². The van der Waals surface area contributed by atoms with E-state index < -0.39 is 28.5 Å². The van der Waals surface area contributed by atoms with Crippen LogP contribution in [0, 0.1) is 0 Å². The van der Waals surface area contributed by atoms with Crippen LogP contribution in [0.25, 0.3) is 0 Å². The molecule has 9 heteroatoms. The van der Waals surface area contributed by atoms with Gasteiger partial charge in [0, 0.05) is 18.1 Å². The molecule has 0 radical (unpaired) electrons. The van der Waals surface area contributed by atoms with Crippen molar-refractivity contribution in [2.75, 3.05) is 30.2 Å². The fourth-order valence-electron chi connectivity index (χ4n) is 3.48. The summed E-state index contributed by atoms with van der Waals surface area (Å²) in [5.74, 6) is -0.678. The summed E-state index contributed by atoms with van der Waals surface area (Å²) in [6.45, 7) is 4.18. The third-order valence-corrected chi connectivity index (χ3v) is 6.61. The van der Waals surface area contributed by atoms with Gasteiger partial charge in [0.1, 0.15) is 12.6 Å². The molecule has 1 atom stereocenters. The van der Waals surface area contributed by atoms with Gasteiger partial charge >= 0.3 is 0 Å². The van der Waals surface area contributed by atoms with E-state index in [2.05, 4.69) is 5.32 Å². The molecule has 0 unspecified atom stereocenters. The van der Waals surface area contributed by atoms with Crippen molar-refractivity contribution < 1.29 is 18.0 Å². The Kier molecular flexibility index (Phi) is 10.2. The highest BCUT2D eigenvalue weighted by atomic mass is 35.5. The minimum Gasteiger partial charge on any atom is -0.354 e. The molecule has 2 aromatic rings. The zero-order valence-corrected chi connectivity index (χ0v) is 20.9. The van der Waals surface area contributed by atoms with Gasteiger partial charge in [-0.15, -0.1) is 0 Å². The van der Waals surface area contributed by atoms with Crippen molar-refractivity contribution >= 4 is 39.1 Å². The molecule has 7 nitrogen and oxygen atoms in total. The van der Waals surface area contributed by atoms with Crippen molar-refractivity contribution in [1.29, 1.82) is 0 Å². The number of benzene rings is 2. The van der Waals surface area contributed by atoms with E-state index in [1.807, 2.05) is 44.2 Å². The number of carbonyl (C=O) groups is 2. The zero-order valence-electron chi connectivity index (χ0n) is 19.3. The van der Waals surface area contributed by atoms with E-state index in [1.165, 1.54) is 4.90 Å². The Bertz CT molecular complexity index is 1010. The van der Waals surface area contributed by atoms with Gasteiger partial charge in [0.2, 0.25) is 21.8 Å². The largest absolute Gasteiger partial charge is 0.354 e. The summed E-state index contributed by atoms with van der Waals surface area (Å²) in [6, 6.07) is 15.2. The zero-order chi connectivity index (χ0) is 24.4. The second kappa shape index (κ2) is 12.6. The Morgan fingerprint density at radius 1 is 1.03 bits per heavy atom. The molecule has 0 aliphatic heterocycles. The number of sulfonamides is 1. The maximum atomic E-state index is 13.5. The summed E-state index contributed by atoms with van der Waals surface area (Å²) < 4.78 is 26.1. The molecule has 0 saturated heterocycles. The van der Waals surface area contributed by atoms with E-state index in [0.717, 1.165) is 22.5 Å². The topological polar surface area (TPSA) is 86.8 Å². The minimum atomic E-state index is -3.75. The first-order valence-corrected chi connectivity index (χ1v) is 13.2. The van der Waals surface area contributed by atoms with Crippen LogP contribution in [0.5, 0.6) is 0 Å². The predicted octanol–water partition coefficient (Wildman–Crippen LogP) is 3.48. The molecule has 0 heterocycles. The molecule has 0 aromatic heterocycles. The van der Waals surface area contributed by atoms with E-state index in [1.54, 1.807) is 24.3 Å². The second-order valence-electron chi connectivity index (χ2n) is 7.78. The number of rotatable bonds is 12. The fraction of sp³-hybridized carbons (Fsp3) is 0.417.